The van der Waals surface area contributed by atoms with Crippen LogP contribution in [0.2, 0.25) is 0 Å². The summed E-state index contributed by atoms with van der Waals surface area (Å²) in [5, 5.41) is 20.3. The van der Waals surface area contributed by atoms with Crippen molar-refractivity contribution in [1.82, 2.24) is 4.90 Å². The lowest BCUT2D eigenvalue weighted by molar-refractivity contribution is -0.385. The molecule has 1 saturated heterocycles. The zero-order valence-electron chi connectivity index (χ0n) is 11.7. The molecule has 0 N–H and O–H groups in total. The van der Waals surface area contributed by atoms with E-state index < -0.39 is 4.92 Å². The summed E-state index contributed by atoms with van der Waals surface area (Å²) in [5.41, 5.74) is 0.681. The molecule has 20 heavy (non-hydrogen) atoms. The van der Waals surface area contributed by atoms with Crippen LogP contribution in [0.15, 0.2) is 18.2 Å². The van der Waals surface area contributed by atoms with E-state index in [1.54, 1.807) is 12.1 Å². The number of anilines is 1. The summed E-state index contributed by atoms with van der Waals surface area (Å²) in [6.45, 7) is 2.01. The lowest BCUT2D eigenvalue weighted by atomic mass is 10.0. The maximum absolute atomic E-state index is 11.0. The molecule has 1 fully saturated rings. The van der Waals surface area contributed by atoms with Crippen molar-refractivity contribution in [1.29, 1.82) is 5.26 Å². The van der Waals surface area contributed by atoms with Gasteiger partial charge >= 0.3 is 0 Å². The molecule has 0 atom stereocenters. The Morgan fingerprint density at radius 2 is 2.10 bits per heavy atom. The molecule has 6 heteroatoms. The lowest BCUT2D eigenvalue weighted by Crippen LogP contribution is -2.42. The molecule has 106 valence electrons. The van der Waals surface area contributed by atoms with Crippen molar-refractivity contribution < 1.29 is 4.92 Å². The second-order valence-corrected chi connectivity index (χ2v) is 5.19. The van der Waals surface area contributed by atoms with E-state index >= 15 is 0 Å². The van der Waals surface area contributed by atoms with Gasteiger partial charge in [-0.2, -0.15) is 5.26 Å². The van der Waals surface area contributed by atoms with Gasteiger partial charge in [-0.05, 0) is 39.0 Å². The first-order valence-corrected chi connectivity index (χ1v) is 6.63. The zero-order chi connectivity index (χ0) is 14.7. The molecule has 0 unspecified atom stereocenters. The normalized spacial score (nSPS) is 16.6. The first kappa shape index (κ1) is 14.3. The summed E-state index contributed by atoms with van der Waals surface area (Å²) in [6.07, 6.45) is 2.00. The molecule has 1 heterocycles. The third-order valence-electron chi connectivity index (χ3n) is 3.94. The zero-order valence-corrected chi connectivity index (χ0v) is 11.7. The molecule has 1 aromatic rings. The van der Waals surface area contributed by atoms with Crippen LogP contribution in [0.1, 0.15) is 18.4 Å². The predicted molar refractivity (Wildman–Crippen MR) is 76.7 cm³/mol. The molecule has 2 rings (SSSR count). The minimum atomic E-state index is -0.495. The Bertz CT molecular complexity index is 545. The lowest BCUT2D eigenvalue weighted by Gasteiger charge is -2.36. The summed E-state index contributed by atoms with van der Waals surface area (Å²) in [7, 11) is 4.00. The molecule has 0 aliphatic carbocycles. The van der Waals surface area contributed by atoms with Gasteiger partial charge in [0, 0.05) is 19.2 Å². The maximum Gasteiger partial charge on any atom is 0.289 e. The van der Waals surface area contributed by atoms with Crippen molar-refractivity contribution in [2.24, 2.45) is 0 Å². The molecule has 6 nitrogen and oxygen atoms in total. The minimum absolute atomic E-state index is 0.121. The van der Waals surface area contributed by atoms with Crippen LogP contribution in [-0.4, -0.2) is 43.0 Å². The number of piperidine rings is 1. The highest BCUT2D eigenvalue weighted by atomic mass is 16.6. The van der Waals surface area contributed by atoms with Crippen molar-refractivity contribution in [3.63, 3.8) is 0 Å². The van der Waals surface area contributed by atoms with Crippen LogP contribution >= 0.6 is 0 Å². The number of hydrogen-bond acceptors (Lipinski definition) is 5. The molecule has 0 bridgehead atoms. The number of nitriles is 1. The highest BCUT2D eigenvalue weighted by Gasteiger charge is 2.25. The van der Waals surface area contributed by atoms with Gasteiger partial charge in [0.2, 0.25) is 0 Å². The van der Waals surface area contributed by atoms with Gasteiger partial charge in [-0.25, -0.2) is 0 Å². The predicted octanol–water partition coefficient (Wildman–Crippen LogP) is 2.00. The number of benzene rings is 1. The number of nitro benzene ring substituents is 1. The van der Waals surface area contributed by atoms with Gasteiger partial charge < -0.3 is 9.80 Å². The third-order valence-corrected chi connectivity index (χ3v) is 3.94. The van der Waals surface area contributed by atoms with Gasteiger partial charge in [0.05, 0.1) is 10.6 Å². The summed E-state index contributed by atoms with van der Waals surface area (Å²) >= 11 is 0. The topological polar surface area (TPSA) is 73.4 Å². The molecular formula is C14H18N4O2. The van der Waals surface area contributed by atoms with E-state index in [9.17, 15) is 15.4 Å². The Morgan fingerprint density at radius 3 is 2.65 bits per heavy atom. The van der Waals surface area contributed by atoms with Gasteiger partial charge in [0.1, 0.15) is 6.07 Å². The van der Waals surface area contributed by atoms with Crippen LogP contribution in [0, 0.1) is 21.4 Å². The first-order valence-electron chi connectivity index (χ1n) is 6.63. The molecule has 0 amide bonds. The van der Waals surface area contributed by atoms with E-state index in [0.717, 1.165) is 25.9 Å². The van der Waals surface area contributed by atoms with Gasteiger partial charge in [-0.3, -0.25) is 10.1 Å². The molecule has 1 aliphatic heterocycles. The van der Waals surface area contributed by atoms with Crippen LogP contribution in [0.4, 0.5) is 11.4 Å². The van der Waals surface area contributed by atoms with Crippen molar-refractivity contribution >= 4 is 11.4 Å². The minimum Gasteiger partial charge on any atom is -0.370 e. The summed E-state index contributed by atoms with van der Waals surface area (Å²) in [5.74, 6) is 0. The molecular weight excluding hydrogens is 256 g/mol. The monoisotopic (exact) mass is 274 g/mol. The van der Waals surface area contributed by atoms with Crippen LogP contribution in [0.3, 0.4) is 0 Å². The largest absolute Gasteiger partial charge is 0.370 e. The highest BCUT2D eigenvalue weighted by molar-refractivity contribution is 5.67. The van der Waals surface area contributed by atoms with Gasteiger partial charge in [-0.1, -0.05) is 6.07 Å². The standard InChI is InChI=1S/C14H18N4O2/c1-16-8-6-11(7-9-16)17(2)13-4-3-5-14(18(19)20)12(13)10-15/h3-5,11H,6-9H2,1-2H3. The van der Waals surface area contributed by atoms with Crippen molar-refractivity contribution in [2.75, 3.05) is 32.1 Å². The van der Waals surface area contributed by atoms with Gasteiger partial charge in [-0.15, -0.1) is 0 Å². The fraction of sp³-hybridized carbons (Fsp3) is 0.500. The molecule has 1 aliphatic rings. The van der Waals surface area contributed by atoms with E-state index in [0.29, 0.717) is 11.7 Å². The number of rotatable bonds is 3. The van der Waals surface area contributed by atoms with Gasteiger partial charge in [0.15, 0.2) is 5.56 Å². The Hall–Kier alpha value is -2.13. The quantitative estimate of drug-likeness (QED) is 0.622. The Balaban J connectivity index is 2.30. The first-order chi connectivity index (χ1) is 9.54. The summed E-state index contributed by atoms with van der Waals surface area (Å²) in [6, 6.07) is 7.10. The molecule has 0 radical (unpaired) electrons. The fourth-order valence-electron chi connectivity index (χ4n) is 2.67. The van der Waals surface area contributed by atoms with Crippen LogP contribution in [0.5, 0.6) is 0 Å². The molecule has 1 aromatic carbocycles. The third kappa shape index (κ3) is 2.73. The molecule has 0 spiro atoms. The van der Waals surface area contributed by atoms with Crippen LogP contribution < -0.4 is 4.90 Å². The van der Waals surface area contributed by atoms with Crippen molar-refractivity contribution in [2.45, 2.75) is 18.9 Å². The summed E-state index contributed by atoms with van der Waals surface area (Å²) in [4.78, 5) is 14.8. The fourth-order valence-corrected chi connectivity index (χ4v) is 2.67. The van der Waals surface area contributed by atoms with Crippen LogP contribution in [-0.2, 0) is 0 Å². The Morgan fingerprint density at radius 1 is 1.45 bits per heavy atom. The average molecular weight is 274 g/mol. The summed E-state index contributed by atoms with van der Waals surface area (Å²) < 4.78 is 0. The maximum atomic E-state index is 11.0. The van der Waals surface area contributed by atoms with E-state index in [4.69, 9.17) is 0 Å². The number of nitro groups is 1. The number of likely N-dealkylation sites (tertiary alicyclic amines) is 1. The van der Waals surface area contributed by atoms with Gasteiger partial charge in [0.25, 0.3) is 5.69 Å². The SMILES string of the molecule is CN1CCC(N(C)c2cccc([N+](=O)[O-])c2C#N)CC1. The molecule has 0 aromatic heterocycles. The van der Waals surface area contributed by atoms with Crippen molar-refractivity contribution in [3.05, 3.63) is 33.9 Å². The number of hydrogen-bond donors (Lipinski definition) is 0. The number of nitrogens with zero attached hydrogens (tertiary/aromatic N) is 4. The molecule has 0 saturated carbocycles. The smallest absolute Gasteiger partial charge is 0.289 e. The Kier molecular flexibility index (Phi) is 4.20. The average Bonchev–Trinajstić information content (AvgIpc) is 2.46. The van der Waals surface area contributed by atoms with E-state index in [1.165, 1.54) is 6.07 Å². The second kappa shape index (κ2) is 5.88. The second-order valence-electron chi connectivity index (χ2n) is 5.19. The highest BCUT2D eigenvalue weighted by Crippen LogP contribution is 2.30. The van der Waals surface area contributed by atoms with E-state index in [-0.39, 0.29) is 11.3 Å². The van der Waals surface area contributed by atoms with E-state index in [2.05, 4.69) is 11.9 Å². The van der Waals surface area contributed by atoms with Crippen molar-refractivity contribution in [3.8, 4) is 6.07 Å². The van der Waals surface area contributed by atoms with Crippen LogP contribution in [0.25, 0.3) is 0 Å². The Labute approximate surface area is 118 Å². The van der Waals surface area contributed by atoms with E-state index in [1.807, 2.05) is 18.0 Å².